The number of fused-ring (bicyclic) bond motifs is 1. The van der Waals surface area contributed by atoms with Gasteiger partial charge in [0.25, 0.3) is 5.88 Å². The number of azo groups is 1. The van der Waals surface area contributed by atoms with Crippen molar-refractivity contribution < 1.29 is 9.13 Å². The fourth-order valence-corrected chi connectivity index (χ4v) is 4.80. The number of nitrogens with zero attached hydrogens (tertiary/aromatic N) is 7. The van der Waals surface area contributed by atoms with Gasteiger partial charge in [0.2, 0.25) is 0 Å². The van der Waals surface area contributed by atoms with Crippen molar-refractivity contribution in [3.63, 3.8) is 0 Å². The number of hydrogen-bond acceptors (Lipinski definition) is 7. The number of ether oxygens (including phenoxy) is 1. The summed E-state index contributed by atoms with van der Waals surface area (Å²) >= 11 is 0. The van der Waals surface area contributed by atoms with E-state index in [4.69, 9.17) is 14.7 Å². The number of pyridine rings is 2. The van der Waals surface area contributed by atoms with E-state index >= 15 is 0 Å². The van der Waals surface area contributed by atoms with Crippen molar-refractivity contribution in [3.8, 4) is 22.8 Å². The average molecular weight is 520 g/mol. The van der Waals surface area contributed by atoms with Crippen LogP contribution in [0.5, 0.6) is 11.6 Å². The first kappa shape index (κ1) is 24.5. The van der Waals surface area contributed by atoms with Crippen LogP contribution in [0.3, 0.4) is 0 Å². The second kappa shape index (κ2) is 10.2. The highest BCUT2D eigenvalue weighted by Crippen LogP contribution is 2.32. The third-order valence-electron chi connectivity index (χ3n) is 6.64. The molecular weight excluding hydrogens is 493 g/mol. The van der Waals surface area contributed by atoms with Crippen LogP contribution in [-0.2, 0) is 13.0 Å². The summed E-state index contributed by atoms with van der Waals surface area (Å²) in [5, 5.41) is 8.20. The first-order valence-corrected chi connectivity index (χ1v) is 12.8. The summed E-state index contributed by atoms with van der Waals surface area (Å²) in [6.45, 7) is 7.16. The van der Waals surface area contributed by atoms with Crippen LogP contribution in [0.25, 0.3) is 22.3 Å². The molecule has 3 aromatic heterocycles. The van der Waals surface area contributed by atoms with E-state index in [9.17, 15) is 4.39 Å². The smallest absolute Gasteiger partial charge is 0.255 e. The van der Waals surface area contributed by atoms with Gasteiger partial charge in [-0.15, -0.1) is 5.11 Å². The Hall–Kier alpha value is -4.79. The Morgan fingerprint density at radius 3 is 2.56 bits per heavy atom. The molecule has 1 aliphatic rings. The molecule has 194 valence electrons. The van der Waals surface area contributed by atoms with Gasteiger partial charge >= 0.3 is 0 Å². The van der Waals surface area contributed by atoms with Gasteiger partial charge in [-0.2, -0.15) is 5.11 Å². The maximum atomic E-state index is 14.2. The number of rotatable bonds is 7. The Bertz CT molecular complexity index is 1760. The molecule has 0 amide bonds. The number of imidazole rings is 1. The zero-order valence-electron chi connectivity index (χ0n) is 21.9. The monoisotopic (exact) mass is 519 g/mol. The summed E-state index contributed by atoms with van der Waals surface area (Å²) in [5.74, 6) is 1.41. The molecule has 2 aromatic carbocycles. The molecule has 39 heavy (non-hydrogen) atoms. The van der Waals surface area contributed by atoms with Gasteiger partial charge in [-0.3, -0.25) is 0 Å². The van der Waals surface area contributed by atoms with Crippen molar-refractivity contribution in [3.05, 3.63) is 101 Å². The summed E-state index contributed by atoms with van der Waals surface area (Å²) in [4.78, 5) is 18.1. The summed E-state index contributed by atoms with van der Waals surface area (Å²) in [6, 6.07) is 18.7. The molecule has 0 saturated carbocycles. The summed E-state index contributed by atoms with van der Waals surface area (Å²) in [6.07, 6.45) is 2.31. The lowest BCUT2D eigenvalue weighted by molar-refractivity contribution is 0.423. The molecule has 0 N–H and O–H groups in total. The number of aromatic nitrogens is 4. The zero-order chi connectivity index (χ0) is 26.9. The molecule has 8 nitrogen and oxygen atoms in total. The van der Waals surface area contributed by atoms with E-state index in [0.717, 1.165) is 56.9 Å². The molecule has 0 saturated heterocycles. The number of aryl methyl sites for hydroxylation is 3. The molecule has 0 spiro atoms. The molecule has 0 unspecified atom stereocenters. The molecule has 5 aromatic rings. The number of halogens is 1. The van der Waals surface area contributed by atoms with E-state index in [2.05, 4.69) is 69.0 Å². The molecule has 0 fully saturated rings. The van der Waals surface area contributed by atoms with Crippen LogP contribution < -0.4 is 4.74 Å². The minimum absolute atomic E-state index is 0.0807. The lowest BCUT2D eigenvalue weighted by Crippen LogP contribution is -2.06. The minimum Gasteiger partial charge on any atom is -0.436 e. The Morgan fingerprint density at radius 2 is 1.82 bits per heavy atom. The van der Waals surface area contributed by atoms with E-state index in [-0.39, 0.29) is 5.88 Å². The van der Waals surface area contributed by atoms with E-state index < -0.39 is 5.82 Å². The van der Waals surface area contributed by atoms with E-state index in [1.165, 1.54) is 18.3 Å². The number of aliphatic imine (C=N–C) groups is 1. The van der Waals surface area contributed by atoms with Crippen LogP contribution in [-0.4, -0.2) is 32.0 Å². The van der Waals surface area contributed by atoms with Crippen LogP contribution in [0.1, 0.15) is 35.1 Å². The Labute approximate surface area is 225 Å². The molecular formula is C30H26FN7O. The summed E-state index contributed by atoms with van der Waals surface area (Å²) in [7, 11) is 0. The lowest BCUT2D eigenvalue weighted by Gasteiger charge is -2.13. The molecule has 4 heterocycles. The quantitative estimate of drug-likeness (QED) is 0.236. The third kappa shape index (κ3) is 4.79. The van der Waals surface area contributed by atoms with Crippen molar-refractivity contribution in [1.82, 2.24) is 19.5 Å². The standard InChI is InChI=1S/C30H26FN7O/c1-4-26-36-27-18(2)14-19(3)35-29(27)38(26)16-20-7-9-21(10-8-20)24-15-22(39-30-25(31)6-5-13-32-30)11-12-23(24)28-33-17-34-37-28/h5-15H,4,16-17H2,1-3H3. The molecule has 0 bridgehead atoms. The maximum Gasteiger partial charge on any atom is 0.255 e. The molecule has 0 radical (unpaired) electrons. The van der Waals surface area contributed by atoms with Crippen LogP contribution in [0, 0.1) is 19.7 Å². The van der Waals surface area contributed by atoms with Gasteiger partial charge in [0.15, 0.2) is 24.0 Å². The molecule has 1 aliphatic heterocycles. The highest BCUT2D eigenvalue weighted by atomic mass is 19.1. The Balaban J connectivity index is 1.36. The topological polar surface area (TPSA) is 89.9 Å². The van der Waals surface area contributed by atoms with E-state index in [1.807, 2.05) is 19.1 Å². The molecule has 0 atom stereocenters. The summed E-state index contributed by atoms with van der Waals surface area (Å²) in [5.41, 5.74) is 7.71. The van der Waals surface area contributed by atoms with Crippen molar-refractivity contribution in [2.75, 3.05) is 6.67 Å². The Kier molecular flexibility index (Phi) is 6.40. The molecule has 9 heteroatoms. The maximum absolute atomic E-state index is 14.2. The average Bonchev–Trinajstić information content (AvgIpc) is 3.59. The fraction of sp³-hybridized carbons (Fsp3) is 0.200. The number of benzene rings is 2. The van der Waals surface area contributed by atoms with Gasteiger partial charge in [-0.05, 0) is 72.5 Å². The second-order valence-electron chi connectivity index (χ2n) is 9.38. The van der Waals surface area contributed by atoms with Gasteiger partial charge in [0, 0.05) is 23.9 Å². The highest BCUT2D eigenvalue weighted by Gasteiger charge is 2.17. The van der Waals surface area contributed by atoms with Crippen molar-refractivity contribution in [2.45, 2.75) is 33.7 Å². The first-order valence-electron chi connectivity index (χ1n) is 12.8. The van der Waals surface area contributed by atoms with Crippen molar-refractivity contribution in [2.24, 2.45) is 15.2 Å². The van der Waals surface area contributed by atoms with Crippen LogP contribution in [0.15, 0.2) is 82.1 Å². The van der Waals surface area contributed by atoms with Gasteiger partial charge in [-0.1, -0.05) is 31.2 Å². The van der Waals surface area contributed by atoms with Crippen molar-refractivity contribution >= 4 is 17.0 Å². The predicted octanol–water partition coefficient (Wildman–Crippen LogP) is 6.82. The fourth-order valence-electron chi connectivity index (χ4n) is 4.80. The van der Waals surface area contributed by atoms with E-state index in [0.29, 0.717) is 24.8 Å². The van der Waals surface area contributed by atoms with Crippen LogP contribution >= 0.6 is 0 Å². The zero-order valence-corrected chi connectivity index (χ0v) is 21.9. The van der Waals surface area contributed by atoms with Gasteiger partial charge in [0.05, 0.1) is 6.54 Å². The largest absolute Gasteiger partial charge is 0.436 e. The van der Waals surface area contributed by atoms with Crippen molar-refractivity contribution in [1.29, 1.82) is 0 Å². The SMILES string of the molecule is CCc1nc2c(C)cc(C)nc2n1Cc1ccc(-c2cc(Oc3ncccc3F)ccc2C2=NCN=N2)cc1. The van der Waals surface area contributed by atoms with Crippen LogP contribution in [0.2, 0.25) is 0 Å². The number of amidine groups is 1. The number of hydrogen-bond donors (Lipinski definition) is 0. The predicted molar refractivity (Wildman–Crippen MR) is 148 cm³/mol. The highest BCUT2D eigenvalue weighted by molar-refractivity contribution is 6.05. The molecule has 6 rings (SSSR count). The molecule has 0 aliphatic carbocycles. The Morgan fingerprint density at radius 1 is 0.974 bits per heavy atom. The van der Waals surface area contributed by atoms with Gasteiger partial charge in [0.1, 0.15) is 17.1 Å². The van der Waals surface area contributed by atoms with Crippen LogP contribution in [0.4, 0.5) is 4.39 Å². The first-order chi connectivity index (χ1) is 19.0. The third-order valence-corrected chi connectivity index (χ3v) is 6.64. The lowest BCUT2D eigenvalue weighted by atomic mass is 9.97. The van der Waals surface area contributed by atoms with Gasteiger partial charge < -0.3 is 9.30 Å². The van der Waals surface area contributed by atoms with Gasteiger partial charge in [-0.25, -0.2) is 24.3 Å². The normalized spacial score (nSPS) is 12.8. The van der Waals surface area contributed by atoms with E-state index in [1.54, 1.807) is 6.07 Å². The minimum atomic E-state index is -0.528. The second-order valence-corrected chi connectivity index (χ2v) is 9.38. The summed E-state index contributed by atoms with van der Waals surface area (Å²) < 4.78 is 22.1.